The van der Waals surface area contributed by atoms with Gasteiger partial charge >= 0.3 is 0 Å². The molecule has 2 aliphatic rings. The van der Waals surface area contributed by atoms with E-state index in [4.69, 9.17) is 4.74 Å². The molecule has 0 saturated heterocycles. The number of rotatable bonds is 7. The molecule has 6 aromatic carbocycles. The van der Waals surface area contributed by atoms with E-state index in [-0.39, 0.29) is 12.1 Å². The number of halogens is 1. The number of fused-ring (bicyclic) bond motifs is 4. The number of hydrogen-bond donors (Lipinski definition) is 0. The molecular weight excluding hydrogens is 684 g/mol. The van der Waals surface area contributed by atoms with Gasteiger partial charge in [0, 0.05) is 26.0 Å². The predicted octanol–water partition coefficient (Wildman–Crippen LogP) is 10.0. The smallest absolute Gasteiger partial charge is 0.251 e. The van der Waals surface area contributed by atoms with E-state index in [0.717, 1.165) is 35.0 Å². The van der Waals surface area contributed by atoms with Gasteiger partial charge in [-0.25, -0.2) is 0 Å². The van der Waals surface area contributed by atoms with Crippen molar-refractivity contribution in [2.45, 2.75) is 45.4 Å². The second-order valence-corrected chi connectivity index (χ2v) is 14.6. The molecule has 0 atom stereocenters. The highest BCUT2D eigenvalue weighted by Gasteiger charge is 2.46. The zero-order chi connectivity index (χ0) is 32.1. The van der Waals surface area contributed by atoms with Gasteiger partial charge in [0.1, 0.15) is 11.5 Å². The first kappa shape index (κ1) is 30.1. The predicted molar refractivity (Wildman–Crippen MR) is 208 cm³/mol. The molecular formula is C43H37BINO. The molecule has 0 aromatic heterocycles. The Hall–Kier alpha value is -4.29. The Balaban J connectivity index is 1.25. The summed E-state index contributed by atoms with van der Waals surface area (Å²) in [4.78, 5) is 2.31. The monoisotopic (exact) mass is 721 g/mol. The third kappa shape index (κ3) is 5.18. The fraction of sp³-hybridized carbons (Fsp3) is 0.163. The maximum Gasteiger partial charge on any atom is 0.251 e. The van der Waals surface area contributed by atoms with Gasteiger partial charge in [-0.05, 0) is 135 Å². The fourth-order valence-corrected chi connectivity index (χ4v) is 8.37. The SMILES string of the molecule is CCCCc1ccc2c3c1C(C)(C)c1ccc(-c4ccc(N(c5ccccc5)c5ccccc5)cc4)cc1B3c1cc(I)ccc1O2. The van der Waals surface area contributed by atoms with E-state index in [0.29, 0.717) is 0 Å². The van der Waals surface area contributed by atoms with Gasteiger partial charge < -0.3 is 9.64 Å². The molecule has 2 aliphatic heterocycles. The highest BCUT2D eigenvalue weighted by atomic mass is 127. The van der Waals surface area contributed by atoms with Crippen molar-refractivity contribution in [3.8, 4) is 22.6 Å². The quantitative estimate of drug-likeness (QED) is 0.120. The molecule has 2 nitrogen and oxygen atoms in total. The lowest BCUT2D eigenvalue weighted by atomic mass is 9.30. The van der Waals surface area contributed by atoms with Crippen molar-refractivity contribution in [1.82, 2.24) is 0 Å². The Morgan fingerprint density at radius 2 is 1.30 bits per heavy atom. The lowest BCUT2D eigenvalue weighted by Crippen LogP contribution is -2.63. The first-order chi connectivity index (χ1) is 22.9. The van der Waals surface area contributed by atoms with Gasteiger partial charge in [-0.1, -0.05) is 105 Å². The van der Waals surface area contributed by atoms with Crippen LogP contribution in [0.25, 0.3) is 11.1 Å². The van der Waals surface area contributed by atoms with Crippen molar-refractivity contribution in [3.05, 3.63) is 154 Å². The van der Waals surface area contributed by atoms with E-state index in [2.05, 4.69) is 182 Å². The molecule has 0 radical (unpaired) electrons. The number of hydrogen-bond acceptors (Lipinski definition) is 2. The fourth-order valence-electron chi connectivity index (χ4n) is 7.86. The average Bonchev–Trinajstić information content (AvgIpc) is 3.10. The molecule has 47 heavy (non-hydrogen) atoms. The van der Waals surface area contributed by atoms with Crippen molar-refractivity contribution in [2.75, 3.05) is 4.90 Å². The second-order valence-electron chi connectivity index (χ2n) is 13.3. The molecule has 0 fully saturated rings. The third-order valence-electron chi connectivity index (χ3n) is 10.0. The number of ether oxygens (including phenoxy) is 1. The second kappa shape index (κ2) is 12.1. The van der Waals surface area contributed by atoms with Crippen molar-refractivity contribution >= 4 is 62.8 Å². The van der Waals surface area contributed by atoms with Crippen LogP contribution in [0.1, 0.15) is 50.3 Å². The molecule has 0 saturated carbocycles. The Kier molecular flexibility index (Phi) is 7.72. The maximum absolute atomic E-state index is 6.66. The average molecular weight is 721 g/mol. The number of anilines is 3. The Morgan fingerprint density at radius 3 is 1.98 bits per heavy atom. The minimum absolute atomic E-state index is 0.133. The summed E-state index contributed by atoms with van der Waals surface area (Å²) < 4.78 is 7.90. The summed E-state index contributed by atoms with van der Waals surface area (Å²) in [5.74, 6) is 1.98. The number of unbranched alkanes of at least 4 members (excludes halogenated alkanes) is 1. The van der Waals surface area contributed by atoms with E-state index < -0.39 is 0 Å². The zero-order valence-electron chi connectivity index (χ0n) is 27.1. The van der Waals surface area contributed by atoms with Crippen LogP contribution in [0.3, 0.4) is 0 Å². The Morgan fingerprint density at radius 1 is 0.660 bits per heavy atom. The van der Waals surface area contributed by atoms with Crippen molar-refractivity contribution in [1.29, 1.82) is 0 Å². The first-order valence-corrected chi connectivity index (χ1v) is 17.8. The summed E-state index contributed by atoms with van der Waals surface area (Å²) in [5, 5.41) is 0. The van der Waals surface area contributed by atoms with Crippen molar-refractivity contribution < 1.29 is 4.74 Å². The molecule has 0 spiro atoms. The molecule has 8 rings (SSSR count). The van der Waals surface area contributed by atoms with Crippen LogP contribution in [0.5, 0.6) is 11.5 Å². The van der Waals surface area contributed by atoms with E-state index in [9.17, 15) is 0 Å². The minimum atomic E-state index is -0.142. The first-order valence-electron chi connectivity index (χ1n) is 16.7. The normalized spacial score (nSPS) is 13.7. The van der Waals surface area contributed by atoms with E-state index in [1.54, 1.807) is 0 Å². The largest absolute Gasteiger partial charge is 0.458 e. The minimum Gasteiger partial charge on any atom is -0.458 e. The van der Waals surface area contributed by atoms with Crippen LogP contribution in [-0.4, -0.2) is 6.71 Å². The molecule has 0 N–H and O–H groups in total. The molecule has 4 heteroatoms. The van der Waals surface area contributed by atoms with E-state index >= 15 is 0 Å². The van der Waals surface area contributed by atoms with Gasteiger partial charge in [0.15, 0.2) is 0 Å². The highest BCUT2D eigenvalue weighted by Crippen LogP contribution is 2.42. The summed E-state index contributed by atoms with van der Waals surface area (Å²) in [5.41, 5.74) is 14.1. The molecule has 0 bridgehead atoms. The molecule has 0 amide bonds. The van der Waals surface area contributed by atoms with Gasteiger partial charge in [0.25, 0.3) is 6.71 Å². The Labute approximate surface area is 292 Å². The van der Waals surface area contributed by atoms with E-state index in [1.807, 2.05) is 0 Å². The summed E-state index contributed by atoms with van der Waals surface area (Å²) >= 11 is 2.44. The summed E-state index contributed by atoms with van der Waals surface area (Å²) in [6, 6.07) is 48.6. The van der Waals surface area contributed by atoms with Gasteiger partial charge in [0.05, 0.1) is 0 Å². The van der Waals surface area contributed by atoms with Crippen LogP contribution in [0.15, 0.2) is 133 Å². The van der Waals surface area contributed by atoms with Gasteiger partial charge in [0.2, 0.25) is 0 Å². The maximum atomic E-state index is 6.66. The molecule has 230 valence electrons. The van der Waals surface area contributed by atoms with Crippen molar-refractivity contribution in [3.63, 3.8) is 0 Å². The van der Waals surface area contributed by atoms with Crippen LogP contribution in [0.4, 0.5) is 17.1 Å². The molecule has 0 aliphatic carbocycles. The lowest BCUT2D eigenvalue weighted by Gasteiger charge is -2.43. The van der Waals surface area contributed by atoms with Crippen LogP contribution in [0, 0.1) is 3.57 Å². The van der Waals surface area contributed by atoms with Gasteiger partial charge in [-0.2, -0.15) is 0 Å². The Bertz CT molecular complexity index is 2050. The number of benzene rings is 6. The highest BCUT2D eigenvalue weighted by molar-refractivity contribution is 14.1. The zero-order valence-corrected chi connectivity index (χ0v) is 29.3. The summed E-state index contributed by atoms with van der Waals surface area (Å²) in [7, 11) is 0. The van der Waals surface area contributed by atoms with Gasteiger partial charge in [-0.15, -0.1) is 0 Å². The molecule has 0 unspecified atom stereocenters. The molecule has 2 heterocycles. The van der Waals surface area contributed by atoms with E-state index in [1.165, 1.54) is 60.6 Å². The summed E-state index contributed by atoms with van der Waals surface area (Å²) in [6.07, 6.45) is 3.47. The number of aryl methyl sites for hydroxylation is 1. The lowest BCUT2D eigenvalue weighted by molar-refractivity contribution is 0.483. The molecule has 6 aromatic rings. The van der Waals surface area contributed by atoms with Gasteiger partial charge in [-0.3, -0.25) is 0 Å². The standard InChI is InChI=1S/C43H37BINO/c1-4-5-12-30-20-25-40-42-41(30)43(2,3)36-24-19-31(27-37(36)44(42)38-28-32(45)21-26-39(38)47-40)29-17-22-35(23-18-29)46(33-13-8-6-9-14-33)34-15-10-7-11-16-34/h6-11,13-28H,4-5,12H2,1-3H3. The van der Waals surface area contributed by atoms with Crippen LogP contribution >= 0.6 is 22.6 Å². The number of para-hydroxylation sites is 2. The number of nitrogens with zero attached hydrogens (tertiary/aromatic N) is 1. The third-order valence-corrected chi connectivity index (χ3v) is 10.7. The van der Waals surface area contributed by atoms with Crippen LogP contribution < -0.4 is 26.0 Å². The van der Waals surface area contributed by atoms with Crippen LogP contribution in [-0.2, 0) is 11.8 Å². The summed E-state index contributed by atoms with van der Waals surface area (Å²) in [6.45, 7) is 7.24. The van der Waals surface area contributed by atoms with Crippen molar-refractivity contribution in [2.24, 2.45) is 0 Å². The van der Waals surface area contributed by atoms with Crippen LogP contribution in [0.2, 0.25) is 0 Å². The topological polar surface area (TPSA) is 12.5 Å².